The first-order valence-corrected chi connectivity index (χ1v) is 8.58. The van der Waals surface area contributed by atoms with Crippen molar-refractivity contribution >= 4 is 18.5 Å². The summed E-state index contributed by atoms with van der Waals surface area (Å²) in [5.41, 5.74) is 0.0935. The minimum Gasteiger partial charge on any atom is -0.399 e. The van der Waals surface area contributed by atoms with E-state index in [9.17, 15) is 0 Å². The number of anilines is 1. The molecule has 132 valence electrons. The van der Waals surface area contributed by atoms with Crippen molar-refractivity contribution in [2.75, 3.05) is 31.6 Å². The normalized spacial score (nSPS) is 26.0. The van der Waals surface area contributed by atoms with Crippen LogP contribution in [-0.4, -0.2) is 70.6 Å². The lowest BCUT2D eigenvalue weighted by molar-refractivity contribution is 0.00578. The number of nitrogens with zero attached hydrogens (tertiary/aromatic N) is 3. The molecular weight excluding hydrogens is 307 g/mol. The van der Waals surface area contributed by atoms with Crippen molar-refractivity contribution in [2.24, 2.45) is 0 Å². The maximum absolute atomic E-state index is 9.00. The molecule has 1 aromatic heterocycles. The Morgan fingerprint density at radius 1 is 1.25 bits per heavy atom. The van der Waals surface area contributed by atoms with Crippen LogP contribution in [0.25, 0.3) is 0 Å². The minimum atomic E-state index is -0.435. The highest BCUT2D eigenvalue weighted by Gasteiger charge is 2.51. The lowest BCUT2D eigenvalue weighted by Crippen LogP contribution is -2.41. The summed E-state index contributed by atoms with van der Waals surface area (Å²) in [5.74, 6) is 0.617. The van der Waals surface area contributed by atoms with Gasteiger partial charge in [-0.15, -0.1) is 0 Å². The van der Waals surface area contributed by atoms with Crippen molar-refractivity contribution in [3.8, 4) is 0 Å². The van der Waals surface area contributed by atoms with Gasteiger partial charge < -0.3 is 19.7 Å². The third-order valence-corrected chi connectivity index (χ3v) is 5.22. The Bertz CT molecular complexity index is 551. The molecular formula is C16H27BN4O3. The largest absolute Gasteiger partial charge is 0.498 e. The van der Waals surface area contributed by atoms with Gasteiger partial charge in [-0.05, 0) is 34.1 Å². The molecule has 0 amide bonds. The van der Waals surface area contributed by atoms with Gasteiger partial charge in [-0.1, -0.05) is 0 Å². The molecule has 2 N–H and O–H groups in total. The SMILES string of the molecule is CC1(C)OB(c2cnc(N[C@@H]3CCN(CCO)C3)nc2)OC1(C)C. The van der Waals surface area contributed by atoms with Gasteiger partial charge >= 0.3 is 7.12 Å². The highest BCUT2D eigenvalue weighted by molar-refractivity contribution is 6.61. The van der Waals surface area contributed by atoms with Gasteiger partial charge in [-0.25, -0.2) is 9.97 Å². The number of aliphatic hydroxyl groups excluding tert-OH is 1. The Balaban J connectivity index is 1.59. The topological polar surface area (TPSA) is 79.7 Å². The van der Waals surface area contributed by atoms with Crippen LogP contribution in [0.4, 0.5) is 5.95 Å². The van der Waals surface area contributed by atoms with E-state index in [2.05, 4.69) is 20.2 Å². The average molecular weight is 334 g/mol. The van der Waals surface area contributed by atoms with Gasteiger partial charge in [0, 0.05) is 43.5 Å². The van der Waals surface area contributed by atoms with Crippen molar-refractivity contribution < 1.29 is 14.4 Å². The summed E-state index contributed by atoms with van der Waals surface area (Å²) >= 11 is 0. The maximum Gasteiger partial charge on any atom is 0.498 e. The van der Waals surface area contributed by atoms with E-state index in [4.69, 9.17) is 14.4 Å². The second-order valence-corrected chi connectivity index (χ2v) is 7.58. The predicted molar refractivity (Wildman–Crippen MR) is 93.3 cm³/mol. The summed E-state index contributed by atoms with van der Waals surface area (Å²) in [4.78, 5) is 11.0. The predicted octanol–water partition coefficient (Wildman–Crippen LogP) is 0.254. The van der Waals surface area contributed by atoms with E-state index >= 15 is 0 Å². The molecule has 0 saturated carbocycles. The number of hydrogen-bond acceptors (Lipinski definition) is 7. The molecule has 0 bridgehead atoms. The minimum absolute atomic E-state index is 0.200. The van der Waals surface area contributed by atoms with Crippen LogP contribution >= 0.6 is 0 Å². The molecule has 2 saturated heterocycles. The zero-order valence-electron chi connectivity index (χ0n) is 15.0. The zero-order chi connectivity index (χ0) is 17.4. The molecule has 1 atom stereocenters. The molecule has 3 heterocycles. The molecule has 1 aromatic rings. The van der Waals surface area contributed by atoms with Crippen LogP contribution < -0.4 is 10.8 Å². The summed E-state index contributed by atoms with van der Waals surface area (Å²) in [6, 6.07) is 0.319. The highest BCUT2D eigenvalue weighted by atomic mass is 16.7. The molecule has 0 radical (unpaired) electrons. The van der Waals surface area contributed by atoms with E-state index in [1.165, 1.54) is 0 Å². The van der Waals surface area contributed by atoms with Gasteiger partial charge in [0.2, 0.25) is 5.95 Å². The Morgan fingerprint density at radius 3 is 2.46 bits per heavy atom. The monoisotopic (exact) mass is 334 g/mol. The van der Waals surface area contributed by atoms with Crippen LogP contribution in [0.5, 0.6) is 0 Å². The van der Waals surface area contributed by atoms with E-state index in [-0.39, 0.29) is 17.8 Å². The van der Waals surface area contributed by atoms with Gasteiger partial charge in [0.15, 0.2) is 0 Å². The first kappa shape index (κ1) is 17.6. The van der Waals surface area contributed by atoms with Crippen molar-refractivity contribution in [2.45, 2.75) is 51.4 Å². The third-order valence-electron chi connectivity index (χ3n) is 5.22. The number of nitrogens with one attached hydrogen (secondary N) is 1. The molecule has 7 nitrogen and oxygen atoms in total. The van der Waals surface area contributed by atoms with Crippen LogP contribution in [0.15, 0.2) is 12.4 Å². The molecule has 2 aliphatic rings. The summed E-state index contributed by atoms with van der Waals surface area (Å²) in [7, 11) is -0.435. The molecule has 8 heteroatoms. The third kappa shape index (κ3) is 3.56. The number of aromatic nitrogens is 2. The van der Waals surface area contributed by atoms with Gasteiger partial charge in [-0.3, -0.25) is 4.90 Å². The highest BCUT2D eigenvalue weighted by Crippen LogP contribution is 2.36. The Hall–Kier alpha value is -1.22. The second kappa shape index (κ2) is 6.59. The Kier molecular flexibility index (Phi) is 4.83. The zero-order valence-corrected chi connectivity index (χ0v) is 15.0. The van der Waals surface area contributed by atoms with E-state index in [1.54, 1.807) is 12.4 Å². The summed E-state index contributed by atoms with van der Waals surface area (Å²) in [6.45, 7) is 10.9. The Morgan fingerprint density at radius 2 is 1.88 bits per heavy atom. The Labute approximate surface area is 143 Å². The quantitative estimate of drug-likeness (QED) is 0.748. The maximum atomic E-state index is 9.00. The van der Waals surface area contributed by atoms with Crippen molar-refractivity contribution in [1.82, 2.24) is 14.9 Å². The van der Waals surface area contributed by atoms with Crippen molar-refractivity contribution in [1.29, 1.82) is 0 Å². The first-order valence-electron chi connectivity index (χ1n) is 8.58. The average Bonchev–Trinajstić information content (AvgIpc) is 3.02. The molecule has 24 heavy (non-hydrogen) atoms. The standard InChI is InChI=1S/C16H27BN4O3/c1-15(2)16(3,4)24-17(23-15)12-9-18-14(19-10-12)20-13-5-6-21(11-13)7-8-22/h9-10,13,22H,5-8,11H2,1-4H3,(H,18,19,20)/t13-/m1/s1. The van der Waals surface area contributed by atoms with Crippen LogP contribution in [0, 0.1) is 0 Å². The van der Waals surface area contributed by atoms with E-state index in [1.807, 2.05) is 27.7 Å². The van der Waals surface area contributed by atoms with E-state index < -0.39 is 7.12 Å². The number of likely N-dealkylation sites (tertiary alicyclic amines) is 1. The van der Waals surface area contributed by atoms with Gasteiger partial charge in [0.25, 0.3) is 0 Å². The molecule has 2 fully saturated rings. The fourth-order valence-corrected chi connectivity index (χ4v) is 2.99. The van der Waals surface area contributed by atoms with E-state index in [0.29, 0.717) is 12.0 Å². The summed E-state index contributed by atoms with van der Waals surface area (Å²) in [6.07, 6.45) is 4.55. The summed E-state index contributed by atoms with van der Waals surface area (Å²) in [5, 5.41) is 12.4. The fourth-order valence-electron chi connectivity index (χ4n) is 2.99. The lowest BCUT2D eigenvalue weighted by Gasteiger charge is -2.32. The van der Waals surface area contributed by atoms with Crippen molar-refractivity contribution in [3.63, 3.8) is 0 Å². The molecule has 0 aliphatic carbocycles. The number of β-amino-alcohol motifs (C(OH)–C–C–N with tert-alkyl or cyclic N) is 1. The lowest BCUT2D eigenvalue weighted by atomic mass is 9.81. The number of aliphatic hydroxyl groups is 1. The molecule has 0 unspecified atom stereocenters. The van der Waals surface area contributed by atoms with Crippen LogP contribution in [0.2, 0.25) is 0 Å². The van der Waals surface area contributed by atoms with Crippen molar-refractivity contribution in [3.05, 3.63) is 12.4 Å². The smallest absolute Gasteiger partial charge is 0.399 e. The van der Waals surface area contributed by atoms with Gasteiger partial charge in [0.1, 0.15) is 0 Å². The fraction of sp³-hybridized carbons (Fsp3) is 0.750. The van der Waals surface area contributed by atoms with Crippen LogP contribution in [0.1, 0.15) is 34.1 Å². The summed E-state index contributed by atoms with van der Waals surface area (Å²) < 4.78 is 12.0. The van der Waals surface area contributed by atoms with Crippen LogP contribution in [-0.2, 0) is 9.31 Å². The molecule has 2 aliphatic heterocycles. The van der Waals surface area contributed by atoms with E-state index in [0.717, 1.165) is 31.5 Å². The van der Waals surface area contributed by atoms with Gasteiger partial charge in [0.05, 0.1) is 17.8 Å². The second-order valence-electron chi connectivity index (χ2n) is 7.58. The number of hydrogen-bond donors (Lipinski definition) is 2. The molecule has 3 rings (SSSR count). The molecule has 0 aromatic carbocycles. The van der Waals surface area contributed by atoms with Gasteiger partial charge in [-0.2, -0.15) is 0 Å². The molecule has 0 spiro atoms. The van der Waals surface area contributed by atoms with Crippen LogP contribution in [0.3, 0.4) is 0 Å². The number of rotatable bonds is 5. The first-order chi connectivity index (χ1) is 11.3.